The smallest absolute Gasteiger partial charge is 0.101 e. The van der Waals surface area contributed by atoms with E-state index in [1.54, 1.807) is 0 Å². The molecule has 0 radical (unpaired) electrons. The van der Waals surface area contributed by atoms with E-state index in [0.717, 1.165) is 25.7 Å². The van der Waals surface area contributed by atoms with Crippen LogP contribution in [0.1, 0.15) is 59.3 Å². The van der Waals surface area contributed by atoms with Crippen LogP contribution >= 0.6 is 0 Å². The fraction of sp³-hybridized carbons (Fsp3) is 1.00. The summed E-state index contributed by atoms with van der Waals surface area (Å²) in [5.41, 5.74) is -2.23. The van der Waals surface area contributed by atoms with Gasteiger partial charge in [0.2, 0.25) is 0 Å². The van der Waals surface area contributed by atoms with E-state index < -0.39 is 23.2 Å². The van der Waals surface area contributed by atoms with Gasteiger partial charge in [-0.1, -0.05) is 20.8 Å². The van der Waals surface area contributed by atoms with Crippen LogP contribution in [0.15, 0.2) is 0 Å². The maximum Gasteiger partial charge on any atom is 0.101 e. The first kappa shape index (κ1) is 16.3. The minimum absolute atomic E-state index is 0.101. The van der Waals surface area contributed by atoms with Crippen LogP contribution < -0.4 is 0 Å². The van der Waals surface area contributed by atoms with Crippen LogP contribution in [-0.4, -0.2) is 44.3 Å². The molecule has 4 nitrogen and oxygen atoms in total. The van der Waals surface area contributed by atoms with Gasteiger partial charge in [-0.3, -0.25) is 0 Å². The molecule has 4 N–H and O–H groups in total. The number of hydrogen-bond acceptors (Lipinski definition) is 4. The molecule has 4 fully saturated rings. The lowest BCUT2D eigenvalue weighted by atomic mass is 9.59. The monoisotopic (exact) mass is 324 g/mol. The van der Waals surface area contributed by atoms with E-state index in [-0.39, 0.29) is 23.4 Å². The Kier molecular flexibility index (Phi) is 3.35. The van der Waals surface area contributed by atoms with Crippen LogP contribution in [0.25, 0.3) is 0 Å². The molecule has 4 heteroatoms. The van der Waals surface area contributed by atoms with Crippen LogP contribution in [0.4, 0.5) is 0 Å². The summed E-state index contributed by atoms with van der Waals surface area (Å²) in [7, 11) is 0. The van der Waals surface area contributed by atoms with Gasteiger partial charge in [0, 0.05) is 10.8 Å². The van der Waals surface area contributed by atoms with Gasteiger partial charge in [-0.2, -0.15) is 0 Å². The molecule has 0 aromatic rings. The molecule has 1 spiro atoms. The van der Waals surface area contributed by atoms with Gasteiger partial charge in [0.15, 0.2) is 0 Å². The van der Waals surface area contributed by atoms with E-state index in [0.29, 0.717) is 24.7 Å². The molecule has 0 amide bonds. The molecule has 0 heterocycles. The van der Waals surface area contributed by atoms with E-state index >= 15 is 0 Å². The molecular weight excluding hydrogens is 292 g/mol. The molecule has 23 heavy (non-hydrogen) atoms. The van der Waals surface area contributed by atoms with Crippen LogP contribution in [-0.2, 0) is 0 Å². The van der Waals surface area contributed by atoms with Gasteiger partial charge in [-0.15, -0.1) is 0 Å². The number of hydrogen-bond donors (Lipinski definition) is 4. The first-order chi connectivity index (χ1) is 10.7. The summed E-state index contributed by atoms with van der Waals surface area (Å²) in [6, 6.07) is 0. The maximum atomic E-state index is 11.6. The lowest BCUT2D eigenvalue weighted by molar-refractivity contribution is -0.178. The highest BCUT2D eigenvalue weighted by Crippen LogP contribution is 2.67. The molecule has 4 aliphatic rings. The lowest BCUT2D eigenvalue weighted by Crippen LogP contribution is -2.57. The van der Waals surface area contributed by atoms with Crippen molar-refractivity contribution in [2.75, 3.05) is 0 Å². The van der Waals surface area contributed by atoms with Crippen LogP contribution in [0, 0.1) is 34.5 Å². The van der Waals surface area contributed by atoms with Gasteiger partial charge >= 0.3 is 0 Å². The molecule has 2 bridgehead atoms. The van der Waals surface area contributed by atoms with Crippen molar-refractivity contribution in [1.82, 2.24) is 0 Å². The van der Waals surface area contributed by atoms with E-state index in [1.165, 1.54) is 0 Å². The Bertz CT molecular complexity index is 506. The molecule has 9 atom stereocenters. The first-order valence-electron chi connectivity index (χ1n) is 9.43. The van der Waals surface area contributed by atoms with Gasteiger partial charge in [-0.05, 0) is 62.2 Å². The average Bonchev–Trinajstić information content (AvgIpc) is 2.77. The van der Waals surface area contributed by atoms with E-state index in [1.807, 2.05) is 13.8 Å². The number of aliphatic hydroxyl groups excluding tert-OH is 3. The van der Waals surface area contributed by atoms with Gasteiger partial charge in [-0.25, -0.2) is 0 Å². The third-order valence-electron chi connectivity index (χ3n) is 8.86. The van der Waals surface area contributed by atoms with Crippen molar-refractivity contribution in [3.05, 3.63) is 0 Å². The molecule has 0 aromatic heterocycles. The molecule has 0 aliphatic heterocycles. The molecule has 132 valence electrons. The molecule has 4 rings (SSSR count). The average molecular weight is 324 g/mol. The molecule has 0 saturated heterocycles. The van der Waals surface area contributed by atoms with Crippen LogP contribution in [0.5, 0.6) is 0 Å². The standard InChI is InChI=1S/C19H32O4/c1-10-12-5-4-11-6-7-18(12,16(11)22)9-15(21)19(23)13(10)8-14(20)17(19,2)3/h10-16,20-23H,4-9H2,1-3H3/t10-,11-,12-,13-,14-,15+,16+,18+,19-/m0/s1. The zero-order valence-electron chi connectivity index (χ0n) is 14.6. The second-order valence-corrected chi connectivity index (χ2v) is 9.64. The number of fused-ring (bicyclic) bond motifs is 2. The summed E-state index contributed by atoms with van der Waals surface area (Å²) >= 11 is 0. The molecule has 0 unspecified atom stereocenters. The highest BCUT2D eigenvalue weighted by molar-refractivity contribution is 5.19. The number of rotatable bonds is 0. The normalized spacial score (nSPS) is 60.9. The van der Waals surface area contributed by atoms with Gasteiger partial charge in [0.1, 0.15) is 5.60 Å². The van der Waals surface area contributed by atoms with Crippen molar-refractivity contribution in [2.45, 2.75) is 83.2 Å². The maximum absolute atomic E-state index is 11.6. The van der Waals surface area contributed by atoms with E-state index in [9.17, 15) is 20.4 Å². The minimum Gasteiger partial charge on any atom is -0.392 e. The van der Waals surface area contributed by atoms with Crippen molar-refractivity contribution in [3.8, 4) is 0 Å². The lowest BCUT2D eigenvalue weighted by Gasteiger charge is -2.47. The molecular formula is C19H32O4. The Balaban J connectivity index is 1.82. The van der Waals surface area contributed by atoms with Gasteiger partial charge < -0.3 is 20.4 Å². The highest BCUT2D eigenvalue weighted by Gasteiger charge is 2.70. The third-order valence-corrected chi connectivity index (χ3v) is 8.86. The summed E-state index contributed by atoms with van der Waals surface area (Å²) in [5.74, 6) is 0.821. The summed E-state index contributed by atoms with van der Waals surface area (Å²) in [6.45, 7) is 5.95. The predicted molar refractivity (Wildman–Crippen MR) is 86.5 cm³/mol. The summed E-state index contributed by atoms with van der Waals surface area (Å²) in [6.07, 6.45) is 3.38. The second kappa shape index (κ2) is 4.72. The van der Waals surface area contributed by atoms with Crippen molar-refractivity contribution in [2.24, 2.45) is 34.5 Å². The zero-order chi connectivity index (χ0) is 16.8. The largest absolute Gasteiger partial charge is 0.392 e. The summed E-state index contributed by atoms with van der Waals surface area (Å²) in [4.78, 5) is 0. The fourth-order valence-electron chi connectivity index (χ4n) is 7.33. The molecule has 0 aromatic carbocycles. The summed E-state index contributed by atoms with van der Waals surface area (Å²) < 4.78 is 0. The van der Waals surface area contributed by atoms with Crippen molar-refractivity contribution in [1.29, 1.82) is 0 Å². The third kappa shape index (κ3) is 1.71. The number of aliphatic hydroxyl groups is 4. The SMILES string of the molecule is C[C@H]1[C@@H]2CC[C@H]3CC[C@]2(C[C@@H](O)[C@@]2(O)[C@H]1C[C@H](O)C2(C)C)[C@@H]3O. The Labute approximate surface area is 138 Å². The van der Waals surface area contributed by atoms with Gasteiger partial charge in [0.25, 0.3) is 0 Å². The van der Waals surface area contributed by atoms with Crippen LogP contribution in [0.2, 0.25) is 0 Å². The zero-order valence-corrected chi connectivity index (χ0v) is 14.6. The van der Waals surface area contributed by atoms with Crippen LogP contribution in [0.3, 0.4) is 0 Å². The minimum atomic E-state index is -1.27. The van der Waals surface area contributed by atoms with E-state index in [2.05, 4.69) is 6.92 Å². The quantitative estimate of drug-likeness (QED) is 0.547. The predicted octanol–water partition coefficient (Wildman–Crippen LogP) is 1.69. The Morgan fingerprint density at radius 3 is 2.30 bits per heavy atom. The second-order valence-electron chi connectivity index (χ2n) is 9.64. The van der Waals surface area contributed by atoms with Gasteiger partial charge in [0.05, 0.1) is 18.3 Å². The van der Waals surface area contributed by atoms with Crippen molar-refractivity contribution < 1.29 is 20.4 Å². The molecule has 4 saturated carbocycles. The topological polar surface area (TPSA) is 80.9 Å². The van der Waals surface area contributed by atoms with Crippen molar-refractivity contribution >= 4 is 0 Å². The Morgan fingerprint density at radius 2 is 1.61 bits per heavy atom. The van der Waals surface area contributed by atoms with Crippen molar-refractivity contribution in [3.63, 3.8) is 0 Å². The van der Waals surface area contributed by atoms with E-state index in [4.69, 9.17) is 0 Å². The summed E-state index contributed by atoms with van der Waals surface area (Å²) in [5, 5.41) is 44.2. The Morgan fingerprint density at radius 1 is 0.913 bits per heavy atom. The Hall–Kier alpha value is -0.160. The molecule has 4 aliphatic carbocycles. The first-order valence-corrected chi connectivity index (χ1v) is 9.43. The highest BCUT2D eigenvalue weighted by atomic mass is 16.4. The fourth-order valence-corrected chi connectivity index (χ4v) is 7.33.